The van der Waals surface area contributed by atoms with Gasteiger partial charge in [-0.05, 0) is 56.4 Å². The van der Waals surface area contributed by atoms with Crippen molar-refractivity contribution < 1.29 is 9.59 Å². The number of hydrogen-bond acceptors (Lipinski definition) is 3. The number of nitrogens with two attached hydrogens (primary N) is 1. The van der Waals surface area contributed by atoms with Gasteiger partial charge >= 0.3 is 0 Å². The topological polar surface area (TPSA) is 84.2 Å². The van der Waals surface area contributed by atoms with Crippen LogP contribution >= 0.6 is 0 Å². The Balaban J connectivity index is 1.56. The third kappa shape index (κ3) is 3.61. The number of benzene rings is 1. The van der Waals surface area contributed by atoms with E-state index in [0.717, 1.165) is 37.8 Å². The number of rotatable bonds is 4. The monoisotopic (exact) mass is 287 g/mol. The molecule has 21 heavy (non-hydrogen) atoms. The molecule has 2 atom stereocenters. The molecule has 5 nitrogen and oxygen atoms in total. The van der Waals surface area contributed by atoms with Crippen molar-refractivity contribution in [1.29, 1.82) is 0 Å². The van der Waals surface area contributed by atoms with Crippen LogP contribution in [0.5, 0.6) is 0 Å². The summed E-state index contributed by atoms with van der Waals surface area (Å²) in [5, 5.41) is 5.84. The fourth-order valence-corrected chi connectivity index (χ4v) is 2.70. The molecule has 0 aromatic heterocycles. The summed E-state index contributed by atoms with van der Waals surface area (Å²) in [7, 11) is 0. The van der Waals surface area contributed by atoms with Gasteiger partial charge in [0.15, 0.2) is 0 Å². The molecular formula is C16H21N3O2. The first-order valence-electron chi connectivity index (χ1n) is 7.59. The second-order valence-corrected chi connectivity index (χ2v) is 6.08. The van der Waals surface area contributed by atoms with Crippen LogP contribution in [0.2, 0.25) is 0 Å². The Bertz CT molecular complexity index is 537. The molecule has 0 aliphatic heterocycles. The number of carbonyl (C=O) groups excluding carboxylic acids is 2. The minimum absolute atomic E-state index is 0.0119. The zero-order chi connectivity index (χ0) is 14.8. The first kappa shape index (κ1) is 14.1. The smallest absolute Gasteiger partial charge is 0.251 e. The Morgan fingerprint density at radius 3 is 2.33 bits per heavy atom. The summed E-state index contributed by atoms with van der Waals surface area (Å²) in [6.07, 6.45) is 4.67. The minimum atomic E-state index is -0.0443. The summed E-state index contributed by atoms with van der Waals surface area (Å²) < 4.78 is 0. The lowest BCUT2D eigenvalue weighted by molar-refractivity contribution is -0.119. The van der Waals surface area contributed by atoms with Crippen LogP contribution in [0.3, 0.4) is 0 Å². The van der Waals surface area contributed by atoms with Crippen LogP contribution in [0.1, 0.15) is 42.5 Å². The zero-order valence-electron chi connectivity index (χ0n) is 12.0. The van der Waals surface area contributed by atoms with E-state index in [4.69, 9.17) is 5.73 Å². The minimum Gasteiger partial charge on any atom is -0.349 e. The Kier molecular flexibility index (Phi) is 3.92. The Labute approximate surface area is 124 Å². The number of carbonyl (C=O) groups is 2. The van der Waals surface area contributed by atoms with E-state index in [9.17, 15) is 9.59 Å². The molecular weight excluding hydrogens is 266 g/mol. The van der Waals surface area contributed by atoms with Crippen LogP contribution in [0.15, 0.2) is 24.3 Å². The lowest BCUT2D eigenvalue weighted by Gasteiger charge is -2.11. The van der Waals surface area contributed by atoms with Gasteiger partial charge in [0, 0.05) is 29.3 Å². The Morgan fingerprint density at radius 2 is 1.76 bits per heavy atom. The van der Waals surface area contributed by atoms with Gasteiger partial charge in [0.05, 0.1) is 0 Å². The molecule has 0 heterocycles. The molecule has 2 unspecified atom stereocenters. The van der Waals surface area contributed by atoms with Crippen LogP contribution in [-0.4, -0.2) is 23.9 Å². The second kappa shape index (κ2) is 5.85. The highest BCUT2D eigenvalue weighted by molar-refractivity contribution is 5.96. The van der Waals surface area contributed by atoms with Crippen molar-refractivity contribution in [2.45, 2.75) is 44.2 Å². The molecule has 112 valence electrons. The highest BCUT2D eigenvalue weighted by Gasteiger charge is 2.28. The summed E-state index contributed by atoms with van der Waals surface area (Å²) >= 11 is 0. The molecule has 2 aliphatic rings. The van der Waals surface area contributed by atoms with Crippen LogP contribution in [0.25, 0.3) is 0 Å². The van der Waals surface area contributed by atoms with E-state index in [1.165, 1.54) is 0 Å². The quantitative estimate of drug-likeness (QED) is 0.787. The molecule has 1 aromatic rings. The second-order valence-electron chi connectivity index (χ2n) is 6.08. The van der Waals surface area contributed by atoms with Gasteiger partial charge in [-0.1, -0.05) is 0 Å². The fourth-order valence-electron chi connectivity index (χ4n) is 2.70. The third-order valence-electron chi connectivity index (χ3n) is 4.17. The maximum Gasteiger partial charge on any atom is 0.251 e. The van der Waals surface area contributed by atoms with Crippen molar-refractivity contribution in [1.82, 2.24) is 5.32 Å². The fraction of sp³-hybridized carbons (Fsp3) is 0.500. The number of hydrogen-bond donors (Lipinski definition) is 3. The van der Waals surface area contributed by atoms with Crippen LogP contribution in [-0.2, 0) is 4.79 Å². The van der Waals surface area contributed by atoms with Crippen molar-refractivity contribution in [3.05, 3.63) is 29.8 Å². The van der Waals surface area contributed by atoms with Gasteiger partial charge < -0.3 is 16.4 Å². The molecule has 4 N–H and O–H groups in total. The summed E-state index contributed by atoms with van der Waals surface area (Å²) in [4.78, 5) is 23.9. The van der Waals surface area contributed by atoms with Crippen LogP contribution in [0.4, 0.5) is 5.69 Å². The molecule has 0 bridgehead atoms. The molecule has 0 saturated heterocycles. The van der Waals surface area contributed by atoms with E-state index in [-0.39, 0.29) is 23.8 Å². The highest BCUT2D eigenvalue weighted by Crippen LogP contribution is 2.25. The SMILES string of the molecule is NC1CCC(C(=O)Nc2ccc(C(=O)NC3CC3)cc2)C1. The maximum absolute atomic E-state index is 12.1. The first-order valence-corrected chi connectivity index (χ1v) is 7.59. The molecule has 0 spiro atoms. The van der Waals surface area contributed by atoms with Gasteiger partial charge in [-0.2, -0.15) is 0 Å². The Hall–Kier alpha value is -1.88. The van der Waals surface area contributed by atoms with E-state index in [0.29, 0.717) is 11.6 Å². The number of anilines is 1. The van der Waals surface area contributed by atoms with Crippen LogP contribution in [0, 0.1) is 5.92 Å². The van der Waals surface area contributed by atoms with Crippen molar-refractivity contribution in [2.75, 3.05) is 5.32 Å². The molecule has 5 heteroatoms. The lowest BCUT2D eigenvalue weighted by Crippen LogP contribution is -2.25. The van der Waals surface area contributed by atoms with E-state index in [1.807, 2.05) is 0 Å². The van der Waals surface area contributed by atoms with Crippen LogP contribution < -0.4 is 16.4 Å². The van der Waals surface area contributed by atoms with Gasteiger partial charge in [-0.15, -0.1) is 0 Å². The lowest BCUT2D eigenvalue weighted by atomic mass is 10.1. The molecule has 2 amide bonds. The largest absolute Gasteiger partial charge is 0.349 e. The number of amides is 2. The highest BCUT2D eigenvalue weighted by atomic mass is 16.2. The van der Waals surface area contributed by atoms with Gasteiger partial charge in [0.2, 0.25) is 5.91 Å². The van der Waals surface area contributed by atoms with E-state index < -0.39 is 0 Å². The summed E-state index contributed by atoms with van der Waals surface area (Å²) in [5.74, 6) is -0.00637. The predicted octanol–water partition coefficient (Wildman–Crippen LogP) is 1.64. The first-order chi connectivity index (χ1) is 10.1. The standard InChI is InChI=1S/C16H21N3O2/c17-12-4-1-11(9-12)16(21)19-13-5-2-10(3-6-13)15(20)18-14-7-8-14/h2-3,5-6,11-12,14H,1,4,7-9,17H2,(H,18,20)(H,19,21). The number of nitrogens with one attached hydrogen (secondary N) is 2. The third-order valence-corrected chi connectivity index (χ3v) is 4.17. The van der Waals surface area contributed by atoms with Crippen molar-refractivity contribution in [3.8, 4) is 0 Å². The normalized spacial score (nSPS) is 24.6. The predicted molar refractivity (Wildman–Crippen MR) is 80.9 cm³/mol. The van der Waals surface area contributed by atoms with Crippen molar-refractivity contribution >= 4 is 17.5 Å². The van der Waals surface area contributed by atoms with Gasteiger partial charge in [-0.3, -0.25) is 9.59 Å². The van der Waals surface area contributed by atoms with Crippen molar-refractivity contribution in [2.24, 2.45) is 11.7 Å². The van der Waals surface area contributed by atoms with E-state index in [2.05, 4.69) is 10.6 Å². The molecule has 2 aliphatic carbocycles. The van der Waals surface area contributed by atoms with E-state index in [1.54, 1.807) is 24.3 Å². The van der Waals surface area contributed by atoms with Crippen molar-refractivity contribution in [3.63, 3.8) is 0 Å². The molecule has 0 radical (unpaired) electrons. The molecule has 3 rings (SSSR count). The molecule has 1 aromatic carbocycles. The van der Waals surface area contributed by atoms with Gasteiger partial charge in [0.25, 0.3) is 5.91 Å². The van der Waals surface area contributed by atoms with Gasteiger partial charge in [-0.25, -0.2) is 0 Å². The average molecular weight is 287 g/mol. The Morgan fingerprint density at radius 1 is 1.05 bits per heavy atom. The van der Waals surface area contributed by atoms with Gasteiger partial charge in [0.1, 0.15) is 0 Å². The summed E-state index contributed by atoms with van der Waals surface area (Å²) in [5.41, 5.74) is 7.18. The average Bonchev–Trinajstić information content (AvgIpc) is 3.17. The maximum atomic E-state index is 12.1. The van der Waals surface area contributed by atoms with E-state index >= 15 is 0 Å². The molecule has 2 saturated carbocycles. The summed E-state index contributed by atoms with van der Waals surface area (Å²) in [6.45, 7) is 0. The summed E-state index contributed by atoms with van der Waals surface area (Å²) in [6, 6.07) is 7.53. The molecule has 2 fully saturated rings. The zero-order valence-corrected chi connectivity index (χ0v) is 12.0.